The zero-order valence-electron chi connectivity index (χ0n) is 16.5. The molecule has 146 valence electrons. The molecule has 0 bridgehead atoms. The summed E-state index contributed by atoms with van der Waals surface area (Å²) in [6.45, 7) is 0. The van der Waals surface area contributed by atoms with Crippen LogP contribution in [0.1, 0.15) is 0 Å². The SMILES string of the molecule is c1ccc(-c2cc3cc4sc5cc6cc(-c7ccccc7)sc6cc5c4cc3s2)cc1. The van der Waals surface area contributed by atoms with E-state index in [-0.39, 0.29) is 0 Å². The summed E-state index contributed by atoms with van der Waals surface area (Å²) < 4.78 is 5.48. The van der Waals surface area contributed by atoms with Gasteiger partial charge in [-0.05, 0) is 58.3 Å². The summed E-state index contributed by atoms with van der Waals surface area (Å²) in [5.41, 5.74) is 2.59. The van der Waals surface area contributed by atoms with Gasteiger partial charge in [0.05, 0.1) is 0 Å². The normalized spacial score (nSPS) is 11.9. The number of fused-ring (bicyclic) bond motifs is 5. The van der Waals surface area contributed by atoms with E-state index < -0.39 is 0 Å². The molecule has 0 aliphatic carbocycles. The van der Waals surface area contributed by atoms with Gasteiger partial charge in [-0.1, -0.05) is 60.7 Å². The lowest BCUT2D eigenvalue weighted by molar-refractivity contribution is 1.70. The number of benzene rings is 4. The zero-order chi connectivity index (χ0) is 20.4. The first kappa shape index (κ1) is 17.7. The second-order valence-electron chi connectivity index (χ2n) is 7.83. The van der Waals surface area contributed by atoms with Gasteiger partial charge in [0.25, 0.3) is 0 Å². The highest BCUT2D eigenvalue weighted by Gasteiger charge is 2.12. The minimum absolute atomic E-state index is 1.30. The van der Waals surface area contributed by atoms with Crippen molar-refractivity contribution in [2.75, 3.05) is 0 Å². The van der Waals surface area contributed by atoms with Crippen LogP contribution in [0.2, 0.25) is 0 Å². The zero-order valence-corrected chi connectivity index (χ0v) is 18.9. The van der Waals surface area contributed by atoms with Gasteiger partial charge in [0.2, 0.25) is 0 Å². The van der Waals surface area contributed by atoms with Gasteiger partial charge in [-0.2, -0.15) is 0 Å². The molecule has 0 radical (unpaired) electrons. The topological polar surface area (TPSA) is 0 Å². The van der Waals surface area contributed by atoms with Gasteiger partial charge in [-0.25, -0.2) is 0 Å². The predicted octanol–water partition coefficient (Wildman–Crippen LogP) is 9.82. The van der Waals surface area contributed by atoms with Gasteiger partial charge in [0, 0.05) is 39.3 Å². The number of hydrogen-bond donors (Lipinski definition) is 0. The standard InChI is InChI=1S/C28H16S3/c1-3-7-17(8-4-1)23-11-19-13-27-21(15-25(19)29-23)22-16-26-20(14-28(22)31-27)12-24(30-26)18-9-5-2-6-10-18/h1-16H. The molecule has 0 saturated heterocycles. The third-order valence-corrected chi connectivity index (χ3v) is 9.27. The second kappa shape index (κ2) is 6.76. The molecule has 0 fully saturated rings. The van der Waals surface area contributed by atoms with Crippen molar-refractivity contribution in [1.29, 1.82) is 0 Å². The number of hydrogen-bond acceptors (Lipinski definition) is 3. The maximum atomic E-state index is 2.40. The van der Waals surface area contributed by atoms with Crippen molar-refractivity contribution in [3.05, 3.63) is 97.1 Å². The van der Waals surface area contributed by atoms with Gasteiger partial charge in [0.1, 0.15) is 0 Å². The monoisotopic (exact) mass is 448 g/mol. The highest BCUT2D eigenvalue weighted by molar-refractivity contribution is 7.27. The fourth-order valence-electron chi connectivity index (χ4n) is 4.33. The molecule has 0 atom stereocenters. The molecule has 3 heterocycles. The maximum absolute atomic E-state index is 2.40. The molecule has 7 rings (SSSR count). The molecule has 0 unspecified atom stereocenters. The van der Waals surface area contributed by atoms with Crippen LogP contribution < -0.4 is 0 Å². The van der Waals surface area contributed by atoms with Crippen molar-refractivity contribution in [3.63, 3.8) is 0 Å². The fraction of sp³-hybridized carbons (Fsp3) is 0. The molecule has 3 aromatic heterocycles. The Hall–Kier alpha value is -2.98. The van der Waals surface area contributed by atoms with Crippen LogP contribution in [0.5, 0.6) is 0 Å². The van der Waals surface area contributed by atoms with Crippen LogP contribution >= 0.6 is 34.0 Å². The van der Waals surface area contributed by atoms with Gasteiger partial charge in [0.15, 0.2) is 0 Å². The molecular formula is C28H16S3. The van der Waals surface area contributed by atoms with Crippen LogP contribution in [0.4, 0.5) is 0 Å². The minimum atomic E-state index is 1.30. The molecule has 0 aliphatic heterocycles. The van der Waals surface area contributed by atoms with Gasteiger partial charge < -0.3 is 0 Å². The lowest BCUT2D eigenvalue weighted by Crippen LogP contribution is -1.68. The van der Waals surface area contributed by atoms with Gasteiger partial charge in [-0.15, -0.1) is 34.0 Å². The first-order chi connectivity index (χ1) is 15.3. The summed E-state index contributed by atoms with van der Waals surface area (Å²) in [6.07, 6.45) is 0. The van der Waals surface area contributed by atoms with E-state index in [0.29, 0.717) is 0 Å². The Labute approximate surface area is 191 Å². The molecule has 4 aromatic carbocycles. The first-order valence-electron chi connectivity index (χ1n) is 10.3. The summed E-state index contributed by atoms with van der Waals surface area (Å²) in [4.78, 5) is 2.68. The van der Waals surface area contributed by atoms with E-state index >= 15 is 0 Å². The summed E-state index contributed by atoms with van der Waals surface area (Å²) in [7, 11) is 0. The second-order valence-corrected chi connectivity index (χ2v) is 11.1. The Morgan fingerprint density at radius 1 is 0.387 bits per heavy atom. The predicted molar refractivity (Wildman–Crippen MR) is 141 cm³/mol. The number of thiophene rings is 3. The molecule has 0 spiro atoms. The molecule has 0 saturated carbocycles. The molecule has 0 amide bonds. The molecular weight excluding hydrogens is 433 g/mol. The summed E-state index contributed by atoms with van der Waals surface area (Å²) >= 11 is 5.69. The Morgan fingerprint density at radius 3 is 1.29 bits per heavy atom. The average molecular weight is 449 g/mol. The molecule has 0 nitrogen and oxygen atoms in total. The fourth-order valence-corrected chi connectivity index (χ4v) is 7.67. The van der Waals surface area contributed by atoms with E-state index in [2.05, 4.69) is 97.1 Å². The Bertz CT molecular complexity index is 1590. The van der Waals surface area contributed by atoms with E-state index in [0.717, 1.165) is 0 Å². The maximum Gasteiger partial charge on any atom is 0.0362 e. The molecule has 3 heteroatoms. The summed E-state index contributed by atoms with van der Waals surface area (Å²) in [6, 6.07) is 35.6. The van der Waals surface area contributed by atoms with E-state index in [1.54, 1.807) is 0 Å². The van der Waals surface area contributed by atoms with Crippen molar-refractivity contribution >= 4 is 74.4 Å². The van der Waals surface area contributed by atoms with Crippen molar-refractivity contribution < 1.29 is 0 Å². The van der Waals surface area contributed by atoms with Crippen molar-refractivity contribution in [1.82, 2.24) is 0 Å². The van der Waals surface area contributed by atoms with Crippen molar-refractivity contribution in [2.24, 2.45) is 0 Å². The largest absolute Gasteiger partial charge is 0.135 e. The highest BCUT2D eigenvalue weighted by atomic mass is 32.1. The Morgan fingerprint density at radius 2 is 0.839 bits per heavy atom. The third-order valence-electron chi connectivity index (χ3n) is 5.86. The minimum Gasteiger partial charge on any atom is -0.135 e. The van der Waals surface area contributed by atoms with Crippen LogP contribution in [0.15, 0.2) is 97.1 Å². The smallest absolute Gasteiger partial charge is 0.0362 e. The van der Waals surface area contributed by atoms with Gasteiger partial charge >= 0.3 is 0 Å². The van der Waals surface area contributed by atoms with Crippen molar-refractivity contribution in [3.8, 4) is 20.9 Å². The lowest BCUT2D eigenvalue weighted by atomic mass is 10.1. The van der Waals surface area contributed by atoms with Crippen molar-refractivity contribution in [2.45, 2.75) is 0 Å². The Balaban J connectivity index is 1.42. The van der Waals surface area contributed by atoms with E-state index in [1.807, 2.05) is 34.0 Å². The van der Waals surface area contributed by atoms with Gasteiger partial charge in [-0.3, -0.25) is 0 Å². The van der Waals surface area contributed by atoms with Crippen LogP contribution in [0.3, 0.4) is 0 Å². The summed E-state index contributed by atoms with van der Waals surface area (Å²) in [5.74, 6) is 0. The number of rotatable bonds is 2. The first-order valence-corrected chi connectivity index (χ1v) is 12.7. The summed E-state index contributed by atoms with van der Waals surface area (Å²) in [5, 5.41) is 5.45. The lowest BCUT2D eigenvalue weighted by Gasteiger charge is -1.94. The van der Waals surface area contributed by atoms with Crippen LogP contribution in [-0.4, -0.2) is 0 Å². The van der Waals surface area contributed by atoms with E-state index in [9.17, 15) is 0 Å². The van der Waals surface area contributed by atoms with E-state index in [1.165, 1.54) is 61.2 Å². The quantitative estimate of drug-likeness (QED) is 0.247. The van der Waals surface area contributed by atoms with Crippen LogP contribution in [0, 0.1) is 0 Å². The highest BCUT2D eigenvalue weighted by Crippen LogP contribution is 2.44. The molecule has 0 aliphatic rings. The average Bonchev–Trinajstić information content (AvgIpc) is 3.51. The van der Waals surface area contributed by atoms with Crippen LogP contribution in [0.25, 0.3) is 61.2 Å². The molecule has 31 heavy (non-hydrogen) atoms. The van der Waals surface area contributed by atoms with E-state index in [4.69, 9.17) is 0 Å². The Kier molecular flexibility index (Phi) is 3.85. The molecule has 7 aromatic rings. The van der Waals surface area contributed by atoms with Crippen LogP contribution in [-0.2, 0) is 0 Å². The molecule has 0 N–H and O–H groups in total. The third kappa shape index (κ3) is 2.85.